The molecule has 0 spiro atoms. The van der Waals surface area contributed by atoms with E-state index >= 15 is 0 Å². The maximum absolute atomic E-state index is 13.5. The molecule has 1 atom stereocenters. The molecule has 1 unspecified atom stereocenters. The van der Waals surface area contributed by atoms with Crippen LogP contribution in [0.1, 0.15) is 317 Å². The van der Waals surface area contributed by atoms with Gasteiger partial charge in [-0.3, -0.25) is 24.1 Å². The van der Waals surface area contributed by atoms with Crippen LogP contribution in [0.15, 0.2) is 0 Å². The van der Waals surface area contributed by atoms with E-state index < -0.39 is 6.10 Å². The number of ether oxygens (including phenoxy) is 1. The SMILES string of the molecule is CCCCCCCCCCCCCCN(CCNC(=O)CCN(C)CCN(C)CCC(=O)NCCN(CC(=O)N(C)CCCCCCCCCCCC)CC(O)CCCCCCCCCCCC)CCC(=O)OCCCCCCCCCCC. The number of nitrogens with zero attached hydrogens (tertiary/aromatic N) is 5. The molecule has 0 bridgehead atoms. The van der Waals surface area contributed by atoms with Crippen molar-refractivity contribution in [1.82, 2.24) is 35.1 Å². The number of nitrogens with one attached hydrogen (secondary N) is 2. The quantitative estimate of drug-likeness (QED) is 0.0399. The van der Waals surface area contributed by atoms with Gasteiger partial charge in [0.25, 0.3) is 0 Å². The van der Waals surface area contributed by atoms with Crippen molar-refractivity contribution in [1.29, 1.82) is 0 Å². The maximum atomic E-state index is 13.5. The highest BCUT2D eigenvalue weighted by atomic mass is 16.5. The first-order valence-electron chi connectivity index (χ1n) is 36.4. The van der Waals surface area contributed by atoms with Crippen molar-refractivity contribution in [3.05, 3.63) is 0 Å². The van der Waals surface area contributed by atoms with Gasteiger partial charge in [0, 0.05) is 91.9 Å². The van der Waals surface area contributed by atoms with Crippen LogP contribution in [0.4, 0.5) is 0 Å². The van der Waals surface area contributed by atoms with Gasteiger partial charge in [0.05, 0.1) is 25.7 Å². The number of carbonyl (C=O) groups is 4. The number of amides is 3. The van der Waals surface area contributed by atoms with E-state index in [0.29, 0.717) is 71.7 Å². The third-order valence-corrected chi connectivity index (χ3v) is 17.3. The van der Waals surface area contributed by atoms with Crippen LogP contribution in [-0.4, -0.2) is 172 Å². The molecular weight excluding hydrogens is 1050 g/mol. The lowest BCUT2D eigenvalue weighted by Crippen LogP contribution is -2.45. The van der Waals surface area contributed by atoms with E-state index in [1.807, 2.05) is 30.9 Å². The zero-order valence-corrected chi connectivity index (χ0v) is 57.0. The molecule has 0 heterocycles. The molecule has 0 saturated heterocycles. The molecule has 498 valence electrons. The van der Waals surface area contributed by atoms with Crippen molar-refractivity contribution >= 4 is 23.7 Å². The summed E-state index contributed by atoms with van der Waals surface area (Å²) in [5, 5.41) is 17.4. The topological polar surface area (TPSA) is 138 Å². The van der Waals surface area contributed by atoms with Crippen molar-refractivity contribution in [2.24, 2.45) is 0 Å². The Morgan fingerprint density at radius 3 is 1.12 bits per heavy atom. The Hall–Kier alpha value is -2.32. The summed E-state index contributed by atoms with van der Waals surface area (Å²) in [6.45, 7) is 17.6. The van der Waals surface area contributed by atoms with Crippen LogP contribution in [0.25, 0.3) is 0 Å². The third kappa shape index (κ3) is 58.7. The molecule has 0 aliphatic carbocycles. The molecule has 0 rings (SSSR count). The lowest BCUT2D eigenvalue weighted by atomic mass is 10.0. The van der Waals surface area contributed by atoms with Crippen molar-refractivity contribution in [3.63, 3.8) is 0 Å². The molecule has 0 fully saturated rings. The van der Waals surface area contributed by atoms with Gasteiger partial charge in [-0.05, 0) is 46.3 Å². The molecule has 0 aliphatic heterocycles. The van der Waals surface area contributed by atoms with Gasteiger partial charge >= 0.3 is 5.97 Å². The minimum atomic E-state index is -0.501. The lowest BCUT2D eigenvalue weighted by Gasteiger charge is -2.27. The summed E-state index contributed by atoms with van der Waals surface area (Å²) in [5.74, 6) is -0.0126. The predicted molar refractivity (Wildman–Crippen MR) is 359 cm³/mol. The number of unbranched alkanes of at least 4 members (excludes halogenated alkanes) is 37. The number of esters is 1. The zero-order valence-electron chi connectivity index (χ0n) is 57.0. The van der Waals surface area contributed by atoms with E-state index in [0.717, 1.165) is 84.1 Å². The fraction of sp³-hybridized carbons (Fsp3) is 0.944. The molecule has 0 aromatic carbocycles. The smallest absolute Gasteiger partial charge is 0.307 e. The third-order valence-electron chi connectivity index (χ3n) is 17.3. The van der Waals surface area contributed by atoms with Gasteiger partial charge in [0.1, 0.15) is 0 Å². The number of hydrogen-bond donors (Lipinski definition) is 3. The number of carbonyl (C=O) groups excluding carboxylic acids is 4. The van der Waals surface area contributed by atoms with E-state index in [1.54, 1.807) is 0 Å². The minimum Gasteiger partial charge on any atom is -0.466 e. The largest absolute Gasteiger partial charge is 0.466 e. The molecular formula is C71H143N7O6. The number of aliphatic hydroxyl groups excluding tert-OH is 1. The van der Waals surface area contributed by atoms with Gasteiger partial charge in [-0.1, -0.05) is 272 Å². The molecule has 0 aromatic rings. The summed E-state index contributed by atoms with van der Waals surface area (Å²) >= 11 is 0. The highest BCUT2D eigenvalue weighted by Crippen LogP contribution is 2.16. The lowest BCUT2D eigenvalue weighted by molar-refractivity contribution is -0.144. The highest BCUT2D eigenvalue weighted by Gasteiger charge is 2.19. The normalized spacial score (nSPS) is 12.1. The van der Waals surface area contributed by atoms with Crippen LogP contribution < -0.4 is 10.6 Å². The average Bonchev–Trinajstić information content (AvgIpc) is 3.55. The Labute approximate surface area is 521 Å². The van der Waals surface area contributed by atoms with Crippen LogP contribution in [0.2, 0.25) is 0 Å². The molecule has 84 heavy (non-hydrogen) atoms. The second-order valence-electron chi connectivity index (χ2n) is 25.7. The molecule has 3 amide bonds. The van der Waals surface area contributed by atoms with Gasteiger partial charge in [-0.15, -0.1) is 0 Å². The summed E-state index contributed by atoms with van der Waals surface area (Å²) in [7, 11) is 5.98. The van der Waals surface area contributed by atoms with Gasteiger partial charge in [-0.25, -0.2) is 0 Å². The molecule has 13 heteroatoms. The van der Waals surface area contributed by atoms with Crippen LogP contribution in [0.5, 0.6) is 0 Å². The van der Waals surface area contributed by atoms with E-state index in [9.17, 15) is 24.3 Å². The molecule has 0 saturated carbocycles. The van der Waals surface area contributed by atoms with Crippen molar-refractivity contribution in [2.45, 2.75) is 323 Å². The first-order chi connectivity index (χ1) is 40.9. The number of aliphatic hydroxyl groups is 1. The fourth-order valence-corrected chi connectivity index (χ4v) is 11.2. The Morgan fingerprint density at radius 2 is 0.714 bits per heavy atom. The molecule has 13 nitrogen and oxygen atoms in total. The van der Waals surface area contributed by atoms with Gasteiger partial charge in [0.15, 0.2) is 0 Å². The summed E-state index contributed by atoms with van der Waals surface area (Å²) < 4.78 is 5.64. The van der Waals surface area contributed by atoms with Crippen molar-refractivity contribution in [3.8, 4) is 0 Å². The van der Waals surface area contributed by atoms with Gasteiger partial charge in [-0.2, -0.15) is 0 Å². The standard InChI is InChI=1S/C71H143N7O6/c1-8-12-16-20-24-28-31-32-35-39-43-47-56-77(59-52-71(83)84-64-48-44-40-36-27-23-19-15-11-4)60-53-72-68(80)50-57-74(5)62-63-75(6)58-51-69(81)73-54-61-78(65-67(79)49-45-41-37-33-29-25-21-17-13-9-2)66-70(82)76(7)55-46-42-38-34-30-26-22-18-14-10-3/h67,79H,8-66H2,1-7H3,(H,72,80)(H,73,81). The molecule has 0 aromatic heterocycles. The second-order valence-corrected chi connectivity index (χ2v) is 25.7. The zero-order chi connectivity index (χ0) is 61.6. The first-order valence-corrected chi connectivity index (χ1v) is 36.4. The Kier molecular flexibility index (Phi) is 61.9. The molecule has 3 N–H and O–H groups in total. The van der Waals surface area contributed by atoms with Crippen LogP contribution in [-0.2, 0) is 23.9 Å². The van der Waals surface area contributed by atoms with Crippen molar-refractivity contribution in [2.75, 3.05) is 113 Å². The number of rotatable bonds is 67. The van der Waals surface area contributed by atoms with E-state index in [1.165, 1.54) is 218 Å². The first kappa shape index (κ1) is 81.7. The Bertz CT molecular complexity index is 1440. The van der Waals surface area contributed by atoms with Crippen molar-refractivity contribution < 1.29 is 29.0 Å². The average molecular weight is 1190 g/mol. The maximum Gasteiger partial charge on any atom is 0.307 e. The van der Waals surface area contributed by atoms with Crippen LogP contribution in [0, 0.1) is 0 Å². The molecule has 0 aliphatic rings. The fourth-order valence-electron chi connectivity index (χ4n) is 11.2. The van der Waals surface area contributed by atoms with Gasteiger partial charge in [0.2, 0.25) is 17.7 Å². The highest BCUT2D eigenvalue weighted by molar-refractivity contribution is 5.78. The van der Waals surface area contributed by atoms with Gasteiger partial charge < -0.3 is 40.1 Å². The number of hydrogen-bond acceptors (Lipinski definition) is 10. The Morgan fingerprint density at radius 1 is 0.369 bits per heavy atom. The van der Waals surface area contributed by atoms with E-state index in [2.05, 4.69) is 53.0 Å². The van der Waals surface area contributed by atoms with E-state index in [4.69, 9.17) is 4.74 Å². The summed E-state index contributed by atoms with van der Waals surface area (Å²) in [4.78, 5) is 62.8. The minimum absolute atomic E-state index is 0.0148. The molecule has 0 radical (unpaired) electrons. The predicted octanol–water partition coefficient (Wildman–Crippen LogP) is 15.7. The summed E-state index contributed by atoms with van der Waals surface area (Å²) in [6, 6.07) is 0. The summed E-state index contributed by atoms with van der Waals surface area (Å²) in [5.41, 5.74) is 0. The number of likely N-dealkylation sites (N-methyl/N-ethyl adjacent to an activating group) is 3. The van der Waals surface area contributed by atoms with E-state index in [-0.39, 0.29) is 30.2 Å². The monoisotopic (exact) mass is 1190 g/mol. The van der Waals surface area contributed by atoms with Crippen LogP contribution in [0.3, 0.4) is 0 Å². The summed E-state index contributed by atoms with van der Waals surface area (Å²) in [6.07, 6.45) is 53.5. The second kappa shape index (κ2) is 63.7. The van der Waals surface area contributed by atoms with Crippen LogP contribution >= 0.6 is 0 Å². The Balaban J connectivity index is 4.84.